The Morgan fingerprint density at radius 2 is 1.96 bits per heavy atom. The minimum absolute atomic E-state index is 0.0589. The number of aliphatic hydroxyl groups excluding tert-OH is 1. The molecule has 0 unspecified atom stereocenters. The van der Waals surface area contributed by atoms with Gasteiger partial charge in [-0.25, -0.2) is 4.98 Å². The smallest absolute Gasteiger partial charge is 0.164 e. The van der Waals surface area contributed by atoms with Crippen LogP contribution in [0.4, 0.5) is 0 Å². The van der Waals surface area contributed by atoms with Crippen LogP contribution >= 0.6 is 0 Å². The molecule has 0 aromatic carbocycles. The molecule has 0 aliphatic rings. The summed E-state index contributed by atoms with van der Waals surface area (Å²) in [6.45, 7) is 2.50. The summed E-state index contributed by atoms with van der Waals surface area (Å²) in [5.41, 5.74) is 5.43. The third-order valence-electron chi connectivity index (χ3n) is 3.91. The van der Waals surface area contributed by atoms with Crippen LogP contribution in [0.2, 0.25) is 0 Å². The zero-order valence-electron chi connectivity index (χ0n) is 13.2. The predicted octanol–water partition coefficient (Wildman–Crippen LogP) is 1.96. The molecule has 0 spiro atoms. The maximum Gasteiger partial charge on any atom is 0.164 e. The van der Waals surface area contributed by atoms with E-state index in [1.54, 1.807) is 29.5 Å². The van der Waals surface area contributed by atoms with Crippen molar-refractivity contribution in [2.45, 2.75) is 13.5 Å². The molecule has 120 valence electrons. The number of pyridine rings is 1. The topological polar surface area (TPSA) is 81.1 Å². The van der Waals surface area contributed by atoms with Crippen molar-refractivity contribution in [2.75, 3.05) is 6.61 Å². The number of aliphatic hydroxyl groups is 1. The molecule has 7 heteroatoms. The molecule has 0 bridgehead atoms. The van der Waals surface area contributed by atoms with Gasteiger partial charge in [0.1, 0.15) is 5.69 Å². The van der Waals surface area contributed by atoms with E-state index in [1.165, 1.54) is 0 Å². The highest BCUT2D eigenvalue weighted by Gasteiger charge is 2.16. The van der Waals surface area contributed by atoms with Crippen LogP contribution in [0.3, 0.4) is 0 Å². The number of aryl methyl sites for hydroxylation is 1. The lowest BCUT2D eigenvalue weighted by atomic mass is 10.2. The Bertz CT molecular complexity index is 989. The second-order valence-electron chi connectivity index (χ2n) is 5.47. The molecule has 24 heavy (non-hydrogen) atoms. The molecule has 4 aromatic heterocycles. The molecule has 0 saturated carbocycles. The van der Waals surface area contributed by atoms with Crippen molar-refractivity contribution in [3.05, 3.63) is 55.0 Å². The first-order valence-corrected chi connectivity index (χ1v) is 7.65. The summed E-state index contributed by atoms with van der Waals surface area (Å²) in [6.07, 6.45) is 10.9. The molecule has 0 aliphatic heterocycles. The number of hydrogen-bond acceptors (Lipinski definition) is 5. The SMILES string of the molecule is Cc1nc2c(-c3ccncc3)nccn2c1-c1cnn(CCO)c1. The quantitative estimate of drug-likeness (QED) is 0.621. The summed E-state index contributed by atoms with van der Waals surface area (Å²) in [5, 5.41) is 13.3. The average Bonchev–Trinajstić information content (AvgIpc) is 3.18. The maximum absolute atomic E-state index is 9.06. The van der Waals surface area contributed by atoms with Crippen molar-refractivity contribution in [2.24, 2.45) is 0 Å². The van der Waals surface area contributed by atoms with Gasteiger partial charge in [0, 0.05) is 42.1 Å². The van der Waals surface area contributed by atoms with Crippen LogP contribution in [0.15, 0.2) is 49.3 Å². The summed E-state index contributed by atoms with van der Waals surface area (Å²) >= 11 is 0. The molecular weight excluding hydrogens is 304 g/mol. The molecule has 4 aromatic rings. The van der Waals surface area contributed by atoms with Crippen LogP contribution in [0.1, 0.15) is 5.69 Å². The number of fused-ring (bicyclic) bond motifs is 1. The van der Waals surface area contributed by atoms with Gasteiger partial charge in [-0.05, 0) is 19.1 Å². The van der Waals surface area contributed by atoms with Gasteiger partial charge in [0.2, 0.25) is 0 Å². The Kier molecular flexibility index (Phi) is 3.55. The summed E-state index contributed by atoms with van der Waals surface area (Å²) in [4.78, 5) is 13.3. The number of rotatable bonds is 4. The fourth-order valence-electron chi connectivity index (χ4n) is 2.86. The zero-order valence-corrected chi connectivity index (χ0v) is 13.2. The normalized spacial score (nSPS) is 11.2. The number of nitrogens with zero attached hydrogens (tertiary/aromatic N) is 6. The first-order valence-electron chi connectivity index (χ1n) is 7.65. The van der Waals surface area contributed by atoms with Crippen molar-refractivity contribution in [3.8, 4) is 22.5 Å². The first kappa shape index (κ1) is 14.5. The Balaban J connectivity index is 1.90. The number of aromatic nitrogens is 6. The summed E-state index contributed by atoms with van der Waals surface area (Å²) in [6, 6.07) is 3.84. The molecular formula is C17H16N6O. The molecule has 1 N–H and O–H groups in total. The standard InChI is InChI=1S/C17H16N6O/c1-12-16(14-10-20-22(11-14)8-9-24)23-7-6-19-15(17(23)21-12)13-2-4-18-5-3-13/h2-7,10-11,24H,8-9H2,1H3. The number of hydrogen-bond donors (Lipinski definition) is 1. The van der Waals surface area contributed by atoms with E-state index in [1.807, 2.05) is 35.9 Å². The molecule has 0 radical (unpaired) electrons. The minimum atomic E-state index is 0.0589. The largest absolute Gasteiger partial charge is 0.394 e. The van der Waals surface area contributed by atoms with Crippen LogP contribution in [0.25, 0.3) is 28.2 Å². The van der Waals surface area contributed by atoms with Crippen LogP contribution in [0.5, 0.6) is 0 Å². The van der Waals surface area contributed by atoms with Crippen molar-refractivity contribution < 1.29 is 5.11 Å². The maximum atomic E-state index is 9.06. The second-order valence-corrected chi connectivity index (χ2v) is 5.47. The van der Waals surface area contributed by atoms with Crippen LogP contribution in [-0.4, -0.2) is 40.8 Å². The third kappa shape index (κ3) is 2.35. The molecule has 0 fully saturated rings. The molecule has 0 amide bonds. The lowest BCUT2D eigenvalue weighted by Gasteiger charge is -2.04. The van der Waals surface area contributed by atoms with E-state index in [2.05, 4.69) is 15.1 Å². The summed E-state index contributed by atoms with van der Waals surface area (Å²) in [5.74, 6) is 0. The van der Waals surface area contributed by atoms with Gasteiger partial charge in [-0.15, -0.1) is 0 Å². The van der Waals surface area contributed by atoms with Crippen molar-refractivity contribution in [1.82, 2.24) is 29.1 Å². The van der Waals surface area contributed by atoms with Gasteiger partial charge in [-0.1, -0.05) is 0 Å². The van der Waals surface area contributed by atoms with Gasteiger partial charge in [0.15, 0.2) is 5.65 Å². The fourth-order valence-corrected chi connectivity index (χ4v) is 2.86. The highest BCUT2D eigenvalue weighted by atomic mass is 16.3. The van der Waals surface area contributed by atoms with Crippen molar-refractivity contribution >= 4 is 5.65 Å². The van der Waals surface area contributed by atoms with Gasteiger partial charge in [-0.3, -0.25) is 19.1 Å². The molecule has 4 heterocycles. The van der Waals surface area contributed by atoms with Gasteiger partial charge in [-0.2, -0.15) is 5.10 Å². The molecule has 4 rings (SSSR count). The monoisotopic (exact) mass is 320 g/mol. The highest BCUT2D eigenvalue weighted by Crippen LogP contribution is 2.28. The molecule has 0 saturated heterocycles. The van der Waals surface area contributed by atoms with Crippen molar-refractivity contribution in [1.29, 1.82) is 0 Å². The molecule has 0 atom stereocenters. The first-order chi connectivity index (χ1) is 11.8. The zero-order chi connectivity index (χ0) is 16.5. The van der Waals surface area contributed by atoms with Gasteiger partial charge in [0.05, 0.1) is 30.7 Å². The highest BCUT2D eigenvalue weighted by molar-refractivity contribution is 5.77. The van der Waals surface area contributed by atoms with Gasteiger partial charge in [0.25, 0.3) is 0 Å². The minimum Gasteiger partial charge on any atom is -0.394 e. The summed E-state index contributed by atoms with van der Waals surface area (Å²) in [7, 11) is 0. The Labute approximate surface area is 138 Å². The van der Waals surface area contributed by atoms with E-state index in [0.717, 1.165) is 33.9 Å². The van der Waals surface area contributed by atoms with E-state index in [0.29, 0.717) is 6.54 Å². The van der Waals surface area contributed by atoms with E-state index in [9.17, 15) is 0 Å². The van der Waals surface area contributed by atoms with Gasteiger partial charge >= 0.3 is 0 Å². The van der Waals surface area contributed by atoms with Crippen molar-refractivity contribution in [3.63, 3.8) is 0 Å². The Hall–Kier alpha value is -3.06. The van der Waals surface area contributed by atoms with E-state index in [4.69, 9.17) is 10.1 Å². The Morgan fingerprint density at radius 1 is 1.12 bits per heavy atom. The second kappa shape index (κ2) is 5.86. The van der Waals surface area contributed by atoms with Crippen LogP contribution in [0, 0.1) is 6.92 Å². The van der Waals surface area contributed by atoms with E-state index < -0.39 is 0 Å². The molecule has 0 aliphatic carbocycles. The molecule has 7 nitrogen and oxygen atoms in total. The summed E-state index contributed by atoms with van der Waals surface area (Å²) < 4.78 is 3.75. The third-order valence-corrected chi connectivity index (χ3v) is 3.91. The average molecular weight is 320 g/mol. The number of imidazole rings is 1. The lowest BCUT2D eigenvalue weighted by molar-refractivity contribution is 0.269. The predicted molar refractivity (Wildman–Crippen MR) is 89.3 cm³/mol. The van der Waals surface area contributed by atoms with Gasteiger partial charge < -0.3 is 5.11 Å². The van der Waals surface area contributed by atoms with E-state index in [-0.39, 0.29) is 6.61 Å². The Morgan fingerprint density at radius 3 is 2.75 bits per heavy atom. The fraction of sp³-hybridized carbons (Fsp3) is 0.176. The van der Waals surface area contributed by atoms with E-state index >= 15 is 0 Å². The lowest BCUT2D eigenvalue weighted by Crippen LogP contribution is -2.01. The van der Waals surface area contributed by atoms with Crippen LogP contribution < -0.4 is 0 Å². The van der Waals surface area contributed by atoms with Crippen LogP contribution in [-0.2, 0) is 6.54 Å².